The van der Waals surface area contributed by atoms with Crippen molar-refractivity contribution in [3.63, 3.8) is 0 Å². The molecule has 136 valence electrons. The minimum atomic E-state index is -0.506. The van der Waals surface area contributed by atoms with E-state index < -0.39 is 5.60 Å². The summed E-state index contributed by atoms with van der Waals surface area (Å²) in [6.07, 6.45) is 2.95. The molecule has 2 unspecified atom stereocenters. The standard InChI is InChI=1S/C19H26N2O4/c1-19(2,3)25-18(23)21-13-8-9-14(21)11-12(10-13)17(22)15-6-5-7-16(20-15)24-4/h5-7,12-14H,8-11H2,1-4H3. The third-order valence-electron chi connectivity index (χ3n) is 4.89. The molecule has 0 spiro atoms. The predicted octanol–water partition coefficient (Wildman–Crippen LogP) is 3.45. The SMILES string of the molecule is COc1cccc(C(=O)C2CC3CCC(C2)N3C(=O)OC(C)(C)C)n1. The van der Waals surface area contributed by atoms with Gasteiger partial charge in [-0.15, -0.1) is 0 Å². The van der Waals surface area contributed by atoms with Gasteiger partial charge < -0.3 is 14.4 Å². The van der Waals surface area contributed by atoms with Crippen molar-refractivity contribution in [2.45, 2.75) is 64.1 Å². The molecule has 1 amide bonds. The first-order valence-corrected chi connectivity index (χ1v) is 8.85. The quantitative estimate of drug-likeness (QED) is 0.784. The molecule has 2 bridgehead atoms. The number of amides is 1. The number of ether oxygens (including phenoxy) is 2. The Hall–Kier alpha value is -2.11. The van der Waals surface area contributed by atoms with E-state index in [-0.39, 0.29) is 29.9 Å². The average Bonchev–Trinajstić information content (AvgIpc) is 2.83. The van der Waals surface area contributed by atoms with Crippen LogP contribution in [0.25, 0.3) is 0 Å². The van der Waals surface area contributed by atoms with E-state index in [2.05, 4.69) is 4.98 Å². The van der Waals surface area contributed by atoms with Gasteiger partial charge in [0.15, 0.2) is 5.78 Å². The van der Waals surface area contributed by atoms with Crippen molar-refractivity contribution in [3.05, 3.63) is 23.9 Å². The zero-order valence-electron chi connectivity index (χ0n) is 15.3. The number of nitrogens with zero attached hydrogens (tertiary/aromatic N) is 2. The first-order chi connectivity index (χ1) is 11.8. The molecule has 25 heavy (non-hydrogen) atoms. The number of piperidine rings is 1. The highest BCUT2D eigenvalue weighted by atomic mass is 16.6. The Morgan fingerprint density at radius 3 is 2.36 bits per heavy atom. The van der Waals surface area contributed by atoms with Gasteiger partial charge in [0, 0.05) is 24.1 Å². The van der Waals surface area contributed by atoms with Gasteiger partial charge in [-0.05, 0) is 52.5 Å². The normalized spacial score (nSPS) is 25.6. The number of Topliss-reactive ketones (excluding diaryl/α,β-unsaturated/α-hetero) is 1. The molecule has 6 heteroatoms. The fourth-order valence-corrected chi connectivity index (χ4v) is 3.88. The van der Waals surface area contributed by atoms with Gasteiger partial charge >= 0.3 is 6.09 Å². The molecule has 0 saturated carbocycles. The average molecular weight is 346 g/mol. The van der Waals surface area contributed by atoms with E-state index in [1.807, 2.05) is 25.7 Å². The van der Waals surface area contributed by atoms with E-state index in [9.17, 15) is 9.59 Å². The number of hydrogen-bond acceptors (Lipinski definition) is 5. The Labute approximate surface area is 148 Å². The van der Waals surface area contributed by atoms with Crippen molar-refractivity contribution in [2.24, 2.45) is 5.92 Å². The molecule has 2 aliphatic heterocycles. The number of ketones is 1. The molecule has 2 aliphatic rings. The van der Waals surface area contributed by atoms with E-state index in [1.54, 1.807) is 18.2 Å². The van der Waals surface area contributed by atoms with Crippen LogP contribution >= 0.6 is 0 Å². The molecule has 2 saturated heterocycles. The third-order valence-corrected chi connectivity index (χ3v) is 4.89. The number of pyridine rings is 1. The Bertz CT molecular complexity index is 654. The Balaban J connectivity index is 1.71. The highest BCUT2D eigenvalue weighted by Gasteiger charge is 2.46. The van der Waals surface area contributed by atoms with Gasteiger partial charge in [0.1, 0.15) is 11.3 Å². The monoisotopic (exact) mass is 346 g/mol. The number of aromatic nitrogens is 1. The highest BCUT2D eigenvalue weighted by Crippen LogP contribution is 2.40. The number of carbonyl (C=O) groups excluding carboxylic acids is 2. The molecule has 1 aromatic rings. The lowest BCUT2D eigenvalue weighted by molar-refractivity contribution is 0.00251. The fraction of sp³-hybridized carbons (Fsp3) is 0.632. The molecule has 6 nitrogen and oxygen atoms in total. The summed E-state index contributed by atoms with van der Waals surface area (Å²) in [5, 5.41) is 0. The van der Waals surface area contributed by atoms with Crippen LogP contribution in [-0.4, -0.2) is 46.6 Å². The molecular formula is C19H26N2O4. The lowest BCUT2D eigenvalue weighted by Gasteiger charge is -2.38. The number of carbonyl (C=O) groups is 2. The van der Waals surface area contributed by atoms with Crippen molar-refractivity contribution in [1.29, 1.82) is 0 Å². The topological polar surface area (TPSA) is 68.7 Å². The minimum Gasteiger partial charge on any atom is -0.481 e. The summed E-state index contributed by atoms with van der Waals surface area (Å²) in [4.78, 5) is 31.5. The summed E-state index contributed by atoms with van der Waals surface area (Å²) >= 11 is 0. The minimum absolute atomic E-state index is 0.0413. The molecule has 0 N–H and O–H groups in total. The first-order valence-electron chi connectivity index (χ1n) is 8.85. The third kappa shape index (κ3) is 3.78. The maximum absolute atomic E-state index is 12.8. The van der Waals surface area contributed by atoms with E-state index in [4.69, 9.17) is 9.47 Å². The van der Waals surface area contributed by atoms with E-state index in [0.717, 1.165) is 12.8 Å². The van der Waals surface area contributed by atoms with Crippen LogP contribution in [0.2, 0.25) is 0 Å². The van der Waals surface area contributed by atoms with Gasteiger partial charge in [0.2, 0.25) is 5.88 Å². The summed E-state index contributed by atoms with van der Waals surface area (Å²) in [5.74, 6) is 0.385. The maximum Gasteiger partial charge on any atom is 0.410 e. The van der Waals surface area contributed by atoms with Gasteiger partial charge in [-0.3, -0.25) is 4.79 Å². The number of rotatable bonds is 3. The van der Waals surface area contributed by atoms with Gasteiger partial charge in [0.05, 0.1) is 7.11 Å². The molecule has 3 rings (SSSR count). The second kappa shape index (κ2) is 6.65. The Morgan fingerprint density at radius 2 is 1.80 bits per heavy atom. The molecule has 0 aromatic carbocycles. The number of hydrogen-bond donors (Lipinski definition) is 0. The summed E-state index contributed by atoms with van der Waals surface area (Å²) in [7, 11) is 1.54. The second-order valence-corrected chi connectivity index (χ2v) is 7.87. The molecule has 3 heterocycles. The van der Waals surface area contributed by atoms with Crippen molar-refractivity contribution < 1.29 is 19.1 Å². The Morgan fingerprint density at radius 1 is 1.16 bits per heavy atom. The van der Waals surface area contributed by atoms with Crippen LogP contribution in [0, 0.1) is 5.92 Å². The molecule has 1 aromatic heterocycles. The van der Waals surface area contributed by atoms with Crippen LogP contribution in [0.4, 0.5) is 4.79 Å². The van der Waals surface area contributed by atoms with E-state index >= 15 is 0 Å². The van der Waals surface area contributed by atoms with E-state index in [0.29, 0.717) is 24.4 Å². The van der Waals surface area contributed by atoms with Crippen LogP contribution in [0.15, 0.2) is 18.2 Å². The van der Waals surface area contributed by atoms with Crippen LogP contribution in [0.1, 0.15) is 56.9 Å². The van der Waals surface area contributed by atoms with Crippen molar-refractivity contribution >= 4 is 11.9 Å². The van der Waals surface area contributed by atoms with Gasteiger partial charge in [-0.2, -0.15) is 0 Å². The van der Waals surface area contributed by atoms with Crippen molar-refractivity contribution in [1.82, 2.24) is 9.88 Å². The molecular weight excluding hydrogens is 320 g/mol. The van der Waals surface area contributed by atoms with E-state index in [1.165, 1.54) is 7.11 Å². The lowest BCUT2D eigenvalue weighted by Crippen LogP contribution is -2.49. The number of fused-ring (bicyclic) bond motifs is 2. The van der Waals surface area contributed by atoms with Crippen LogP contribution < -0.4 is 4.74 Å². The highest BCUT2D eigenvalue weighted by molar-refractivity contribution is 5.96. The first kappa shape index (κ1) is 17.7. The molecule has 0 aliphatic carbocycles. The predicted molar refractivity (Wildman–Crippen MR) is 92.7 cm³/mol. The Kier molecular flexibility index (Phi) is 4.71. The van der Waals surface area contributed by atoms with Crippen LogP contribution in [0.5, 0.6) is 5.88 Å². The largest absolute Gasteiger partial charge is 0.481 e. The zero-order valence-corrected chi connectivity index (χ0v) is 15.3. The molecule has 2 fully saturated rings. The zero-order chi connectivity index (χ0) is 18.2. The van der Waals surface area contributed by atoms with Crippen molar-refractivity contribution in [2.75, 3.05) is 7.11 Å². The maximum atomic E-state index is 12.8. The summed E-state index contributed by atoms with van der Waals surface area (Å²) in [6, 6.07) is 5.39. The smallest absolute Gasteiger partial charge is 0.410 e. The van der Waals surface area contributed by atoms with Crippen LogP contribution in [-0.2, 0) is 4.74 Å². The van der Waals surface area contributed by atoms with Gasteiger partial charge in [0.25, 0.3) is 0 Å². The molecule has 0 radical (unpaired) electrons. The summed E-state index contributed by atoms with van der Waals surface area (Å²) in [5.41, 5.74) is -0.0669. The fourth-order valence-electron chi connectivity index (χ4n) is 3.88. The van der Waals surface area contributed by atoms with Crippen molar-refractivity contribution in [3.8, 4) is 5.88 Å². The van der Waals surface area contributed by atoms with Crippen LogP contribution in [0.3, 0.4) is 0 Å². The summed E-state index contributed by atoms with van der Waals surface area (Å²) < 4.78 is 10.7. The molecule has 2 atom stereocenters. The second-order valence-electron chi connectivity index (χ2n) is 7.87. The van der Waals surface area contributed by atoms with Gasteiger partial charge in [-0.1, -0.05) is 6.07 Å². The lowest BCUT2D eigenvalue weighted by atomic mass is 9.86. The number of methoxy groups -OCH3 is 1. The van der Waals surface area contributed by atoms with Gasteiger partial charge in [-0.25, -0.2) is 9.78 Å². The summed E-state index contributed by atoms with van der Waals surface area (Å²) in [6.45, 7) is 5.62.